The number of para-hydroxylation sites is 1. The number of fused-ring (bicyclic) bond motifs is 1. The van der Waals surface area contributed by atoms with E-state index in [9.17, 15) is 4.79 Å². The molecule has 1 heterocycles. The van der Waals surface area contributed by atoms with E-state index in [1.54, 1.807) is 25.1 Å². The van der Waals surface area contributed by atoms with Crippen LogP contribution in [-0.4, -0.2) is 17.1 Å². The predicted octanol–water partition coefficient (Wildman–Crippen LogP) is 0.898. The van der Waals surface area contributed by atoms with Crippen molar-refractivity contribution in [1.29, 1.82) is 0 Å². The van der Waals surface area contributed by atoms with Gasteiger partial charge in [-0.25, -0.2) is 0 Å². The Morgan fingerprint density at radius 2 is 2.36 bits per heavy atom. The highest BCUT2D eigenvalue weighted by Crippen LogP contribution is 2.32. The van der Waals surface area contributed by atoms with Gasteiger partial charge in [-0.15, -0.1) is 0 Å². The third kappa shape index (κ3) is 1.33. The zero-order valence-electron chi connectivity index (χ0n) is 7.78. The molecule has 2 N–H and O–H groups in total. The summed E-state index contributed by atoms with van der Waals surface area (Å²) in [6.07, 6.45) is -0.476. The van der Waals surface area contributed by atoms with Gasteiger partial charge in [-0.3, -0.25) is 4.79 Å². The average Bonchev–Trinajstić information content (AvgIpc) is 2.19. The van der Waals surface area contributed by atoms with Crippen LogP contribution in [0.2, 0.25) is 0 Å². The van der Waals surface area contributed by atoms with Crippen molar-refractivity contribution < 1.29 is 14.6 Å². The van der Waals surface area contributed by atoms with E-state index in [1.807, 2.05) is 0 Å². The van der Waals surface area contributed by atoms with Gasteiger partial charge in [0.25, 0.3) is 5.91 Å². The Bertz CT molecular complexity index is 376. The Morgan fingerprint density at radius 3 is 3.07 bits per heavy atom. The normalized spacial score (nSPS) is 19.6. The predicted molar refractivity (Wildman–Crippen MR) is 51.1 cm³/mol. The Balaban J connectivity index is 2.46. The third-order valence-corrected chi connectivity index (χ3v) is 2.20. The van der Waals surface area contributed by atoms with Crippen molar-refractivity contribution in [3.63, 3.8) is 0 Å². The van der Waals surface area contributed by atoms with Crippen LogP contribution in [0, 0.1) is 0 Å². The summed E-state index contributed by atoms with van der Waals surface area (Å²) in [6, 6.07) is 5.30. The first kappa shape index (κ1) is 9.02. The van der Waals surface area contributed by atoms with Crippen LogP contribution in [0.1, 0.15) is 12.5 Å². The first-order chi connectivity index (χ1) is 6.72. The number of carbonyl (C=O) groups is 1. The number of aliphatic hydroxyl groups is 1. The summed E-state index contributed by atoms with van der Waals surface area (Å²) in [5.41, 5.74) is 1.25. The van der Waals surface area contributed by atoms with Crippen LogP contribution in [0.25, 0.3) is 0 Å². The topological polar surface area (TPSA) is 58.6 Å². The van der Waals surface area contributed by atoms with Gasteiger partial charge in [0, 0.05) is 5.56 Å². The smallest absolute Gasteiger partial charge is 0.265 e. The maximum absolute atomic E-state index is 11.3. The van der Waals surface area contributed by atoms with E-state index in [1.165, 1.54) is 0 Å². The van der Waals surface area contributed by atoms with Crippen LogP contribution in [0.15, 0.2) is 18.2 Å². The van der Waals surface area contributed by atoms with E-state index < -0.39 is 6.10 Å². The third-order valence-electron chi connectivity index (χ3n) is 2.20. The molecule has 0 bridgehead atoms. The minimum Gasteiger partial charge on any atom is -0.479 e. The van der Waals surface area contributed by atoms with Gasteiger partial charge in [-0.1, -0.05) is 12.1 Å². The second-order valence-corrected chi connectivity index (χ2v) is 3.20. The van der Waals surface area contributed by atoms with Crippen molar-refractivity contribution in [1.82, 2.24) is 0 Å². The molecule has 0 aliphatic carbocycles. The molecule has 4 nitrogen and oxygen atoms in total. The van der Waals surface area contributed by atoms with Gasteiger partial charge in [0.1, 0.15) is 5.75 Å². The number of ether oxygens (including phenoxy) is 1. The molecule has 1 aromatic carbocycles. The van der Waals surface area contributed by atoms with E-state index in [0.29, 0.717) is 17.0 Å². The van der Waals surface area contributed by atoms with E-state index in [2.05, 4.69) is 5.32 Å². The second kappa shape index (κ2) is 3.31. The molecule has 1 aliphatic heterocycles. The highest BCUT2D eigenvalue weighted by Gasteiger charge is 2.24. The molecule has 1 unspecified atom stereocenters. The maximum atomic E-state index is 11.3. The first-order valence-electron chi connectivity index (χ1n) is 4.42. The Kier molecular flexibility index (Phi) is 2.13. The van der Waals surface area contributed by atoms with Crippen LogP contribution < -0.4 is 10.1 Å². The molecule has 74 valence electrons. The van der Waals surface area contributed by atoms with Crippen LogP contribution in [0.5, 0.6) is 5.75 Å². The van der Waals surface area contributed by atoms with Gasteiger partial charge in [0.2, 0.25) is 0 Å². The fourth-order valence-corrected chi connectivity index (χ4v) is 1.42. The van der Waals surface area contributed by atoms with Crippen LogP contribution in [0.3, 0.4) is 0 Å². The highest BCUT2D eigenvalue weighted by molar-refractivity contribution is 5.98. The van der Waals surface area contributed by atoms with Gasteiger partial charge in [-0.05, 0) is 13.0 Å². The monoisotopic (exact) mass is 193 g/mol. The molecule has 1 aromatic rings. The number of nitrogens with one attached hydrogen (secondary N) is 1. The summed E-state index contributed by atoms with van der Waals surface area (Å²) in [6.45, 7) is 1.57. The first-order valence-corrected chi connectivity index (χ1v) is 4.42. The van der Waals surface area contributed by atoms with Crippen LogP contribution >= 0.6 is 0 Å². The average molecular weight is 193 g/mol. The number of hydrogen-bond acceptors (Lipinski definition) is 3. The molecule has 0 spiro atoms. The summed E-state index contributed by atoms with van der Waals surface area (Å²) in [5, 5.41) is 11.7. The molecule has 1 atom stereocenters. The zero-order chi connectivity index (χ0) is 10.1. The standard InChI is InChI=1S/C10H11NO3/c1-6-10(13)11-9-7(5-12)3-2-4-8(9)14-6/h2-4,6,12H,5H2,1H3,(H,11,13). The fourth-order valence-electron chi connectivity index (χ4n) is 1.42. The molecular formula is C10H11NO3. The second-order valence-electron chi connectivity index (χ2n) is 3.20. The number of carbonyl (C=O) groups excluding carboxylic acids is 1. The number of amides is 1. The summed E-state index contributed by atoms with van der Waals surface area (Å²) >= 11 is 0. The largest absolute Gasteiger partial charge is 0.479 e. The molecule has 1 aliphatic rings. The molecule has 0 saturated heterocycles. The Morgan fingerprint density at radius 1 is 1.57 bits per heavy atom. The summed E-state index contributed by atoms with van der Waals surface area (Å²) < 4.78 is 5.36. The molecule has 14 heavy (non-hydrogen) atoms. The van der Waals surface area contributed by atoms with Gasteiger partial charge in [0.15, 0.2) is 6.10 Å². The van der Waals surface area contributed by atoms with Crippen molar-refractivity contribution in [3.8, 4) is 5.75 Å². The number of anilines is 1. The van der Waals surface area contributed by atoms with Crippen molar-refractivity contribution in [2.24, 2.45) is 0 Å². The lowest BCUT2D eigenvalue weighted by Crippen LogP contribution is -2.34. The minimum absolute atomic E-state index is 0.110. The lowest BCUT2D eigenvalue weighted by atomic mass is 10.1. The number of rotatable bonds is 1. The Labute approximate surface area is 81.5 Å². The van der Waals surface area contributed by atoms with Gasteiger partial charge >= 0.3 is 0 Å². The lowest BCUT2D eigenvalue weighted by Gasteiger charge is -2.24. The molecule has 0 fully saturated rings. The summed E-state index contributed by atoms with van der Waals surface area (Å²) in [4.78, 5) is 11.3. The molecule has 2 rings (SSSR count). The minimum atomic E-state index is -0.476. The summed E-state index contributed by atoms with van der Waals surface area (Å²) in [5.74, 6) is 0.432. The van der Waals surface area contributed by atoms with Gasteiger partial charge in [-0.2, -0.15) is 0 Å². The number of hydrogen-bond donors (Lipinski definition) is 2. The van der Waals surface area contributed by atoms with Gasteiger partial charge in [0.05, 0.1) is 12.3 Å². The van der Waals surface area contributed by atoms with E-state index in [0.717, 1.165) is 0 Å². The SMILES string of the molecule is CC1Oc2cccc(CO)c2NC1=O. The number of aliphatic hydroxyl groups excluding tert-OH is 1. The molecule has 4 heteroatoms. The molecule has 0 radical (unpaired) electrons. The molecule has 0 saturated carbocycles. The van der Waals surface area contributed by atoms with E-state index in [-0.39, 0.29) is 12.5 Å². The number of benzene rings is 1. The molecule has 1 amide bonds. The van der Waals surface area contributed by atoms with Crippen molar-refractivity contribution >= 4 is 11.6 Å². The van der Waals surface area contributed by atoms with Gasteiger partial charge < -0.3 is 15.2 Å². The van der Waals surface area contributed by atoms with E-state index in [4.69, 9.17) is 9.84 Å². The quantitative estimate of drug-likeness (QED) is 0.696. The highest BCUT2D eigenvalue weighted by atomic mass is 16.5. The van der Waals surface area contributed by atoms with Crippen molar-refractivity contribution in [2.45, 2.75) is 19.6 Å². The van der Waals surface area contributed by atoms with E-state index >= 15 is 0 Å². The molecule has 0 aromatic heterocycles. The van der Waals surface area contributed by atoms with Crippen molar-refractivity contribution in [3.05, 3.63) is 23.8 Å². The Hall–Kier alpha value is -1.55. The fraction of sp³-hybridized carbons (Fsp3) is 0.300. The molecular weight excluding hydrogens is 182 g/mol. The summed E-state index contributed by atoms with van der Waals surface area (Å²) in [7, 11) is 0. The lowest BCUT2D eigenvalue weighted by molar-refractivity contribution is -0.122. The van der Waals surface area contributed by atoms with Crippen LogP contribution in [-0.2, 0) is 11.4 Å². The van der Waals surface area contributed by atoms with Crippen LogP contribution in [0.4, 0.5) is 5.69 Å². The zero-order valence-corrected chi connectivity index (χ0v) is 7.78. The maximum Gasteiger partial charge on any atom is 0.265 e. The van der Waals surface area contributed by atoms with Crippen molar-refractivity contribution in [2.75, 3.05) is 5.32 Å².